The highest BCUT2D eigenvalue weighted by Crippen LogP contribution is 2.28. The van der Waals surface area contributed by atoms with Gasteiger partial charge in [0.2, 0.25) is 0 Å². The van der Waals surface area contributed by atoms with Crippen LogP contribution in [0.25, 0.3) is 5.69 Å². The molecular formula is C19H17N3O. The van der Waals surface area contributed by atoms with E-state index in [1.54, 1.807) is 6.20 Å². The largest absolute Gasteiger partial charge is 0.324 e. The molecule has 1 amide bonds. The monoisotopic (exact) mass is 303 g/mol. The zero-order valence-electron chi connectivity index (χ0n) is 12.7. The molecule has 0 saturated carbocycles. The lowest BCUT2D eigenvalue weighted by atomic mass is 10.0. The Morgan fingerprint density at radius 2 is 1.87 bits per heavy atom. The van der Waals surface area contributed by atoms with Gasteiger partial charge < -0.3 is 9.47 Å². The van der Waals surface area contributed by atoms with Crippen molar-refractivity contribution < 1.29 is 4.79 Å². The fourth-order valence-corrected chi connectivity index (χ4v) is 3.09. The molecule has 0 spiro atoms. The Bertz CT molecular complexity index is 839. The van der Waals surface area contributed by atoms with Crippen LogP contribution in [0.5, 0.6) is 0 Å². The van der Waals surface area contributed by atoms with Crippen LogP contribution in [0.1, 0.15) is 22.5 Å². The van der Waals surface area contributed by atoms with Gasteiger partial charge >= 0.3 is 0 Å². The van der Waals surface area contributed by atoms with E-state index in [1.165, 1.54) is 5.56 Å². The van der Waals surface area contributed by atoms with Crippen LogP contribution in [-0.2, 0) is 6.42 Å². The van der Waals surface area contributed by atoms with Gasteiger partial charge in [-0.05, 0) is 48.7 Å². The van der Waals surface area contributed by atoms with Gasteiger partial charge in [-0.1, -0.05) is 18.2 Å². The topological polar surface area (TPSA) is 38.1 Å². The van der Waals surface area contributed by atoms with Crippen molar-refractivity contribution in [2.24, 2.45) is 0 Å². The summed E-state index contributed by atoms with van der Waals surface area (Å²) in [4.78, 5) is 19.1. The minimum absolute atomic E-state index is 0.0360. The number of hydrogen-bond donors (Lipinski definition) is 0. The van der Waals surface area contributed by atoms with Crippen molar-refractivity contribution in [2.45, 2.75) is 12.8 Å². The smallest absolute Gasteiger partial charge is 0.276 e. The molecule has 4 rings (SSSR count). The summed E-state index contributed by atoms with van der Waals surface area (Å²) in [6.07, 6.45) is 7.62. The number of carbonyl (C=O) groups is 1. The maximum Gasteiger partial charge on any atom is 0.276 e. The van der Waals surface area contributed by atoms with Gasteiger partial charge in [-0.25, -0.2) is 0 Å². The Labute approximate surface area is 135 Å². The van der Waals surface area contributed by atoms with E-state index in [4.69, 9.17) is 0 Å². The molecule has 0 atom stereocenters. The third-order valence-electron chi connectivity index (χ3n) is 4.22. The van der Waals surface area contributed by atoms with E-state index in [1.807, 2.05) is 64.3 Å². The van der Waals surface area contributed by atoms with Crippen LogP contribution in [0.15, 0.2) is 67.1 Å². The predicted molar refractivity (Wildman–Crippen MR) is 90.0 cm³/mol. The summed E-state index contributed by atoms with van der Waals surface area (Å²) >= 11 is 0. The van der Waals surface area contributed by atoms with Gasteiger partial charge in [-0.3, -0.25) is 9.78 Å². The molecule has 2 aromatic heterocycles. The zero-order chi connectivity index (χ0) is 15.6. The molecule has 0 unspecified atom stereocenters. The molecule has 0 bridgehead atoms. The van der Waals surface area contributed by atoms with Crippen molar-refractivity contribution >= 4 is 11.6 Å². The Morgan fingerprint density at radius 3 is 2.74 bits per heavy atom. The molecule has 1 aliphatic heterocycles. The van der Waals surface area contributed by atoms with Crippen molar-refractivity contribution in [1.29, 1.82) is 0 Å². The normalized spacial score (nSPS) is 13.7. The van der Waals surface area contributed by atoms with Gasteiger partial charge in [0, 0.05) is 36.5 Å². The van der Waals surface area contributed by atoms with Crippen LogP contribution < -0.4 is 4.90 Å². The number of carbonyl (C=O) groups excluding carboxylic acids is 1. The fourth-order valence-electron chi connectivity index (χ4n) is 3.09. The highest BCUT2D eigenvalue weighted by molar-refractivity contribution is 6.05. The quantitative estimate of drug-likeness (QED) is 0.727. The third kappa shape index (κ3) is 2.52. The number of amides is 1. The van der Waals surface area contributed by atoms with Crippen LogP contribution in [0, 0.1) is 0 Å². The van der Waals surface area contributed by atoms with E-state index >= 15 is 0 Å². The van der Waals surface area contributed by atoms with Gasteiger partial charge in [0.15, 0.2) is 0 Å². The summed E-state index contributed by atoms with van der Waals surface area (Å²) in [6, 6.07) is 15.8. The Hall–Kier alpha value is -2.88. The van der Waals surface area contributed by atoms with Crippen molar-refractivity contribution in [3.05, 3.63) is 78.4 Å². The Morgan fingerprint density at radius 1 is 1.04 bits per heavy atom. The highest BCUT2D eigenvalue weighted by Gasteiger charge is 2.24. The molecule has 0 N–H and O–H groups in total. The molecule has 3 heterocycles. The van der Waals surface area contributed by atoms with Gasteiger partial charge in [-0.2, -0.15) is 0 Å². The second-order valence-corrected chi connectivity index (χ2v) is 5.68. The number of rotatable bonds is 2. The number of para-hydroxylation sites is 1. The van der Waals surface area contributed by atoms with Crippen molar-refractivity contribution in [2.75, 3.05) is 11.4 Å². The van der Waals surface area contributed by atoms with E-state index in [0.717, 1.165) is 30.8 Å². The van der Waals surface area contributed by atoms with Crippen molar-refractivity contribution in [3.8, 4) is 5.69 Å². The van der Waals surface area contributed by atoms with Crippen molar-refractivity contribution in [1.82, 2.24) is 9.55 Å². The number of aryl methyl sites for hydroxylation is 1. The van der Waals surface area contributed by atoms with Gasteiger partial charge in [0.25, 0.3) is 5.91 Å². The van der Waals surface area contributed by atoms with Gasteiger partial charge in [0.05, 0.1) is 0 Å². The molecule has 114 valence electrons. The molecule has 1 aromatic carbocycles. The molecule has 0 aliphatic carbocycles. The van der Waals surface area contributed by atoms with Crippen LogP contribution >= 0.6 is 0 Å². The minimum atomic E-state index is -0.0360. The maximum atomic E-state index is 12.9. The summed E-state index contributed by atoms with van der Waals surface area (Å²) in [5.74, 6) is -0.0360. The predicted octanol–water partition coefficient (Wildman–Crippen LogP) is 3.47. The van der Waals surface area contributed by atoms with E-state index in [-0.39, 0.29) is 5.91 Å². The van der Waals surface area contributed by atoms with Crippen LogP contribution in [-0.4, -0.2) is 22.0 Å². The summed E-state index contributed by atoms with van der Waals surface area (Å²) in [6.45, 7) is 0.741. The summed E-state index contributed by atoms with van der Waals surface area (Å²) in [5.41, 5.74) is 3.66. The summed E-state index contributed by atoms with van der Waals surface area (Å²) < 4.78 is 1.97. The average Bonchev–Trinajstić information content (AvgIpc) is 3.15. The Balaban J connectivity index is 1.69. The first kappa shape index (κ1) is 13.8. The van der Waals surface area contributed by atoms with E-state index in [2.05, 4.69) is 11.1 Å². The Kier molecular flexibility index (Phi) is 3.42. The SMILES string of the molecule is O=C(c1cc(-n2cccc2)ccn1)N1CCCc2ccccc21. The molecule has 4 nitrogen and oxygen atoms in total. The molecule has 23 heavy (non-hydrogen) atoms. The molecule has 0 radical (unpaired) electrons. The fraction of sp³-hybridized carbons (Fsp3) is 0.158. The number of pyridine rings is 1. The first-order valence-corrected chi connectivity index (χ1v) is 7.82. The second kappa shape index (κ2) is 5.72. The number of hydrogen-bond acceptors (Lipinski definition) is 2. The number of anilines is 1. The third-order valence-corrected chi connectivity index (χ3v) is 4.22. The van der Waals surface area contributed by atoms with E-state index < -0.39 is 0 Å². The molecule has 4 heteroatoms. The molecule has 0 fully saturated rings. The standard InChI is InChI=1S/C19H17N3O/c23-19(22-13-5-7-15-6-1-2-8-18(15)22)17-14-16(9-10-20-17)21-11-3-4-12-21/h1-4,6,8-12,14H,5,7,13H2. The van der Waals surface area contributed by atoms with E-state index in [9.17, 15) is 4.79 Å². The number of benzene rings is 1. The minimum Gasteiger partial charge on any atom is -0.324 e. The lowest BCUT2D eigenvalue weighted by Crippen LogP contribution is -2.36. The second-order valence-electron chi connectivity index (χ2n) is 5.68. The van der Waals surface area contributed by atoms with Crippen LogP contribution in [0.3, 0.4) is 0 Å². The zero-order valence-corrected chi connectivity index (χ0v) is 12.7. The first-order valence-electron chi connectivity index (χ1n) is 7.82. The van der Waals surface area contributed by atoms with Crippen LogP contribution in [0.2, 0.25) is 0 Å². The lowest BCUT2D eigenvalue weighted by molar-refractivity contribution is 0.0980. The molecule has 3 aromatic rings. The summed E-state index contributed by atoms with van der Waals surface area (Å²) in [5, 5.41) is 0. The highest BCUT2D eigenvalue weighted by atomic mass is 16.2. The summed E-state index contributed by atoms with van der Waals surface area (Å²) in [7, 11) is 0. The lowest BCUT2D eigenvalue weighted by Gasteiger charge is -2.29. The number of fused-ring (bicyclic) bond motifs is 1. The number of aromatic nitrogens is 2. The molecular weight excluding hydrogens is 286 g/mol. The van der Waals surface area contributed by atoms with Crippen molar-refractivity contribution in [3.63, 3.8) is 0 Å². The average molecular weight is 303 g/mol. The first-order chi connectivity index (χ1) is 11.3. The van der Waals surface area contributed by atoms with Crippen LogP contribution in [0.4, 0.5) is 5.69 Å². The molecule has 0 saturated heterocycles. The van der Waals surface area contributed by atoms with E-state index in [0.29, 0.717) is 5.69 Å². The maximum absolute atomic E-state index is 12.9. The number of nitrogens with zero attached hydrogens (tertiary/aromatic N) is 3. The van der Waals surface area contributed by atoms with Gasteiger partial charge in [0.1, 0.15) is 5.69 Å². The van der Waals surface area contributed by atoms with Gasteiger partial charge in [-0.15, -0.1) is 0 Å². The molecule has 1 aliphatic rings.